The van der Waals surface area contributed by atoms with E-state index in [9.17, 15) is 0 Å². The average molecular weight is 228 g/mol. The lowest BCUT2D eigenvalue weighted by molar-refractivity contribution is 0.0910. The molecule has 0 bridgehead atoms. The van der Waals surface area contributed by atoms with Crippen molar-refractivity contribution in [3.63, 3.8) is 0 Å². The third-order valence-corrected chi connectivity index (χ3v) is 3.55. The number of hydrogen-bond donors (Lipinski definition) is 1. The zero-order valence-electron chi connectivity index (χ0n) is 11.2. The van der Waals surface area contributed by atoms with Gasteiger partial charge in [0.05, 0.1) is 6.61 Å². The normalized spacial score (nSPS) is 25.5. The Morgan fingerprint density at radius 3 is 2.69 bits per heavy atom. The third kappa shape index (κ3) is 4.04. The molecule has 1 aliphatic carbocycles. The molecule has 2 unspecified atom stereocenters. The Hall–Kier alpha value is -0.120. The van der Waals surface area contributed by atoms with Gasteiger partial charge in [0.1, 0.15) is 0 Å². The smallest absolute Gasteiger partial charge is 0.0593 e. The molecule has 0 aliphatic heterocycles. The van der Waals surface area contributed by atoms with Crippen molar-refractivity contribution in [3.05, 3.63) is 0 Å². The highest BCUT2D eigenvalue weighted by molar-refractivity contribution is 4.89. The van der Waals surface area contributed by atoms with E-state index < -0.39 is 0 Å². The Kier molecular flexibility index (Phi) is 7.01. The van der Waals surface area contributed by atoms with E-state index in [2.05, 4.69) is 31.0 Å². The van der Waals surface area contributed by atoms with Crippen LogP contribution < -0.4 is 5.32 Å². The summed E-state index contributed by atoms with van der Waals surface area (Å²) in [7, 11) is 0. The van der Waals surface area contributed by atoms with Gasteiger partial charge in [0.2, 0.25) is 0 Å². The summed E-state index contributed by atoms with van der Waals surface area (Å²) in [6.45, 7) is 11.5. The van der Waals surface area contributed by atoms with Gasteiger partial charge in [0.15, 0.2) is 0 Å². The summed E-state index contributed by atoms with van der Waals surface area (Å²) in [4.78, 5) is 2.58. The van der Waals surface area contributed by atoms with E-state index >= 15 is 0 Å². The van der Waals surface area contributed by atoms with Crippen molar-refractivity contribution >= 4 is 0 Å². The minimum atomic E-state index is 0.701. The topological polar surface area (TPSA) is 24.5 Å². The number of nitrogens with zero attached hydrogens (tertiary/aromatic N) is 1. The van der Waals surface area contributed by atoms with Crippen LogP contribution in [0.1, 0.15) is 40.0 Å². The molecule has 3 nitrogen and oxygen atoms in total. The lowest BCUT2D eigenvalue weighted by Crippen LogP contribution is -2.47. The second-order valence-electron chi connectivity index (χ2n) is 4.49. The fourth-order valence-corrected chi connectivity index (χ4v) is 2.76. The molecule has 1 saturated carbocycles. The van der Waals surface area contributed by atoms with Gasteiger partial charge in [-0.2, -0.15) is 0 Å². The van der Waals surface area contributed by atoms with Crippen LogP contribution in [-0.4, -0.2) is 49.8 Å². The number of rotatable bonds is 8. The molecular formula is C13H28N2O. The minimum Gasteiger partial charge on any atom is -0.380 e. The van der Waals surface area contributed by atoms with Gasteiger partial charge in [-0.1, -0.05) is 20.3 Å². The zero-order chi connectivity index (χ0) is 11.8. The van der Waals surface area contributed by atoms with Crippen LogP contribution in [0.15, 0.2) is 0 Å². The lowest BCUT2D eigenvalue weighted by atomic mass is 10.1. The van der Waals surface area contributed by atoms with E-state index in [-0.39, 0.29) is 0 Å². The Bertz CT molecular complexity index is 175. The van der Waals surface area contributed by atoms with Crippen molar-refractivity contribution in [1.82, 2.24) is 10.2 Å². The molecule has 0 spiro atoms. The van der Waals surface area contributed by atoms with E-state index in [1.54, 1.807) is 0 Å². The largest absolute Gasteiger partial charge is 0.380 e. The molecule has 3 heteroatoms. The number of nitrogens with one attached hydrogen (secondary N) is 1. The molecule has 0 amide bonds. The summed E-state index contributed by atoms with van der Waals surface area (Å²) in [6.07, 6.45) is 4.05. The first-order chi connectivity index (χ1) is 7.83. The first-order valence-corrected chi connectivity index (χ1v) is 6.88. The molecular weight excluding hydrogens is 200 g/mol. The molecule has 0 radical (unpaired) electrons. The van der Waals surface area contributed by atoms with E-state index in [4.69, 9.17) is 4.74 Å². The summed E-state index contributed by atoms with van der Waals surface area (Å²) in [5.74, 6) is 0. The van der Waals surface area contributed by atoms with Crippen molar-refractivity contribution < 1.29 is 4.74 Å². The molecule has 0 aromatic heterocycles. The lowest BCUT2D eigenvalue weighted by Gasteiger charge is -2.32. The second kappa shape index (κ2) is 8.04. The Morgan fingerprint density at radius 2 is 2.06 bits per heavy atom. The highest BCUT2D eigenvalue weighted by atomic mass is 16.5. The quantitative estimate of drug-likeness (QED) is 0.642. The molecule has 1 aliphatic rings. The maximum atomic E-state index is 5.46. The summed E-state index contributed by atoms with van der Waals surface area (Å²) in [6, 6.07) is 1.43. The average Bonchev–Trinajstić information content (AvgIpc) is 2.73. The molecule has 1 N–H and O–H groups in total. The summed E-state index contributed by atoms with van der Waals surface area (Å²) < 4.78 is 5.46. The van der Waals surface area contributed by atoms with Crippen molar-refractivity contribution in [3.8, 4) is 0 Å². The number of hydrogen-bond acceptors (Lipinski definition) is 3. The molecule has 16 heavy (non-hydrogen) atoms. The Balaban J connectivity index is 2.37. The molecule has 0 aromatic carbocycles. The molecule has 0 heterocycles. The fourth-order valence-electron chi connectivity index (χ4n) is 2.76. The van der Waals surface area contributed by atoms with Crippen LogP contribution in [0.5, 0.6) is 0 Å². The SMILES string of the molecule is CCNC1CCCC1N(CC)CCOCC. The van der Waals surface area contributed by atoms with E-state index in [1.807, 2.05) is 0 Å². The molecule has 1 rings (SSSR count). The fraction of sp³-hybridized carbons (Fsp3) is 1.00. The van der Waals surface area contributed by atoms with Crippen molar-refractivity contribution in [2.24, 2.45) is 0 Å². The highest BCUT2D eigenvalue weighted by Gasteiger charge is 2.30. The summed E-state index contributed by atoms with van der Waals surface area (Å²) in [5.41, 5.74) is 0. The standard InChI is InChI=1S/C13H28N2O/c1-4-14-12-8-7-9-13(12)15(5-2)10-11-16-6-3/h12-14H,4-11H2,1-3H3. The van der Waals surface area contributed by atoms with Crippen LogP contribution in [0.4, 0.5) is 0 Å². The maximum Gasteiger partial charge on any atom is 0.0593 e. The molecule has 1 fully saturated rings. The molecule has 96 valence electrons. The van der Waals surface area contributed by atoms with E-state index in [0.717, 1.165) is 38.9 Å². The summed E-state index contributed by atoms with van der Waals surface area (Å²) in [5, 5.41) is 3.62. The van der Waals surface area contributed by atoms with Crippen molar-refractivity contribution in [1.29, 1.82) is 0 Å². The Morgan fingerprint density at radius 1 is 1.25 bits per heavy atom. The number of likely N-dealkylation sites (N-methyl/N-ethyl adjacent to an activating group) is 2. The van der Waals surface area contributed by atoms with Crippen LogP contribution >= 0.6 is 0 Å². The maximum absolute atomic E-state index is 5.46. The van der Waals surface area contributed by atoms with Gasteiger partial charge >= 0.3 is 0 Å². The van der Waals surface area contributed by atoms with Gasteiger partial charge in [-0.05, 0) is 32.9 Å². The second-order valence-corrected chi connectivity index (χ2v) is 4.49. The molecule has 2 atom stereocenters. The van der Waals surface area contributed by atoms with Gasteiger partial charge in [-0.3, -0.25) is 4.90 Å². The summed E-state index contributed by atoms with van der Waals surface area (Å²) >= 11 is 0. The third-order valence-electron chi connectivity index (χ3n) is 3.55. The monoisotopic (exact) mass is 228 g/mol. The Labute approximate surface area is 101 Å². The first kappa shape index (κ1) is 13.9. The van der Waals surface area contributed by atoms with Crippen LogP contribution in [0.25, 0.3) is 0 Å². The van der Waals surface area contributed by atoms with Crippen LogP contribution in [0.2, 0.25) is 0 Å². The first-order valence-electron chi connectivity index (χ1n) is 6.88. The van der Waals surface area contributed by atoms with E-state index in [1.165, 1.54) is 19.3 Å². The van der Waals surface area contributed by atoms with Gasteiger partial charge in [0, 0.05) is 25.2 Å². The van der Waals surface area contributed by atoms with Crippen molar-refractivity contribution in [2.45, 2.75) is 52.1 Å². The van der Waals surface area contributed by atoms with Crippen LogP contribution in [0, 0.1) is 0 Å². The highest BCUT2D eigenvalue weighted by Crippen LogP contribution is 2.24. The van der Waals surface area contributed by atoms with E-state index in [0.29, 0.717) is 6.04 Å². The van der Waals surface area contributed by atoms with Gasteiger partial charge in [-0.15, -0.1) is 0 Å². The predicted octanol–water partition coefficient (Wildman–Crippen LogP) is 1.88. The number of ether oxygens (including phenoxy) is 1. The van der Waals surface area contributed by atoms with Gasteiger partial charge in [0.25, 0.3) is 0 Å². The van der Waals surface area contributed by atoms with Crippen LogP contribution in [-0.2, 0) is 4.74 Å². The minimum absolute atomic E-state index is 0.701. The van der Waals surface area contributed by atoms with Crippen LogP contribution in [0.3, 0.4) is 0 Å². The zero-order valence-corrected chi connectivity index (χ0v) is 11.2. The van der Waals surface area contributed by atoms with Gasteiger partial charge in [-0.25, -0.2) is 0 Å². The predicted molar refractivity (Wildman–Crippen MR) is 68.8 cm³/mol. The van der Waals surface area contributed by atoms with Crippen molar-refractivity contribution in [2.75, 3.05) is 32.8 Å². The van der Waals surface area contributed by atoms with Gasteiger partial charge < -0.3 is 10.1 Å². The molecule has 0 saturated heterocycles. The molecule has 0 aromatic rings.